The molecule has 2 rings (SSSR count). The van der Waals surface area contributed by atoms with E-state index in [-0.39, 0.29) is 11.8 Å². The van der Waals surface area contributed by atoms with Crippen molar-refractivity contribution >= 4 is 11.6 Å². The summed E-state index contributed by atoms with van der Waals surface area (Å²) < 4.78 is 0. The van der Waals surface area contributed by atoms with Crippen LogP contribution < -0.4 is 5.32 Å². The molecule has 3 heteroatoms. The lowest BCUT2D eigenvalue weighted by atomic mass is 9.91. The zero-order valence-electron chi connectivity index (χ0n) is 15.1. The van der Waals surface area contributed by atoms with Gasteiger partial charge in [0.1, 0.15) is 0 Å². The molecule has 0 aliphatic carbocycles. The highest BCUT2D eigenvalue weighted by molar-refractivity contribution is 5.98. The minimum atomic E-state index is -1.58. The molecule has 24 heavy (non-hydrogen) atoms. The number of carbonyl (C=O) groups excluding carboxylic acids is 1. The third-order valence-corrected chi connectivity index (χ3v) is 4.39. The van der Waals surface area contributed by atoms with Gasteiger partial charge in [-0.3, -0.25) is 4.79 Å². The molecular weight excluding hydrogens is 298 g/mol. The smallest absolute Gasteiger partial charge is 0.260 e. The second kappa shape index (κ2) is 7.18. The summed E-state index contributed by atoms with van der Waals surface area (Å²) in [6.45, 7) is 9.94. The van der Waals surface area contributed by atoms with Gasteiger partial charge in [0.2, 0.25) is 0 Å². The summed E-state index contributed by atoms with van der Waals surface area (Å²) in [4.78, 5) is 12.8. The van der Waals surface area contributed by atoms with Crippen molar-refractivity contribution in [3.05, 3.63) is 65.2 Å². The van der Waals surface area contributed by atoms with E-state index in [2.05, 4.69) is 33.0 Å². The van der Waals surface area contributed by atoms with Gasteiger partial charge in [-0.05, 0) is 35.4 Å². The average molecular weight is 325 g/mol. The molecule has 0 aliphatic rings. The second-order valence-corrected chi connectivity index (χ2v) is 7.01. The first-order valence-electron chi connectivity index (χ1n) is 8.47. The Balaban J connectivity index is 2.42. The summed E-state index contributed by atoms with van der Waals surface area (Å²) in [6.07, 6.45) is 0. The molecule has 1 amide bonds. The van der Waals surface area contributed by atoms with Crippen molar-refractivity contribution in [2.75, 3.05) is 5.32 Å². The minimum Gasteiger partial charge on any atom is -0.376 e. The van der Waals surface area contributed by atoms with Gasteiger partial charge < -0.3 is 10.4 Å². The number of hydrogen-bond acceptors (Lipinski definition) is 2. The summed E-state index contributed by atoms with van der Waals surface area (Å²) in [5, 5.41) is 13.8. The Hall–Kier alpha value is -2.13. The third-order valence-electron chi connectivity index (χ3n) is 4.39. The van der Waals surface area contributed by atoms with Crippen molar-refractivity contribution in [1.82, 2.24) is 0 Å². The first kappa shape index (κ1) is 18.2. The van der Waals surface area contributed by atoms with Crippen LogP contribution in [0.3, 0.4) is 0 Å². The molecule has 0 saturated heterocycles. The van der Waals surface area contributed by atoms with E-state index in [1.54, 1.807) is 12.1 Å². The molecule has 2 aromatic rings. The Bertz CT molecular complexity index is 677. The molecule has 128 valence electrons. The van der Waals surface area contributed by atoms with Gasteiger partial charge >= 0.3 is 0 Å². The SMILES string of the molecule is CC(C)c1cccc(C(C)C)c1NC(=O)[C@@](C)(O)c1ccccc1. The number of benzene rings is 2. The van der Waals surface area contributed by atoms with E-state index in [4.69, 9.17) is 0 Å². The van der Waals surface area contributed by atoms with Gasteiger partial charge in [-0.2, -0.15) is 0 Å². The van der Waals surface area contributed by atoms with E-state index in [9.17, 15) is 9.90 Å². The minimum absolute atomic E-state index is 0.278. The Morgan fingerprint density at radius 3 is 1.88 bits per heavy atom. The van der Waals surface area contributed by atoms with Crippen LogP contribution in [0.4, 0.5) is 5.69 Å². The number of hydrogen-bond donors (Lipinski definition) is 2. The first-order chi connectivity index (χ1) is 11.2. The molecule has 0 unspecified atom stereocenters. The predicted octanol–water partition coefficient (Wildman–Crippen LogP) is 4.78. The van der Waals surface area contributed by atoms with E-state index in [0.29, 0.717) is 5.56 Å². The third kappa shape index (κ3) is 3.68. The van der Waals surface area contributed by atoms with Crippen LogP contribution in [0.2, 0.25) is 0 Å². The summed E-state index contributed by atoms with van der Waals surface area (Å²) in [5.41, 5.74) is 1.98. The molecule has 1 atom stereocenters. The van der Waals surface area contributed by atoms with E-state index < -0.39 is 11.5 Å². The van der Waals surface area contributed by atoms with E-state index in [1.807, 2.05) is 36.4 Å². The van der Waals surface area contributed by atoms with Crippen LogP contribution in [0.25, 0.3) is 0 Å². The topological polar surface area (TPSA) is 49.3 Å². The monoisotopic (exact) mass is 325 g/mol. The maximum Gasteiger partial charge on any atom is 0.260 e. The number of aliphatic hydroxyl groups is 1. The molecule has 0 heterocycles. The van der Waals surface area contributed by atoms with Crippen molar-refractivity contribution in [3.8, 4) is 0 Å². The number of para-hydroxylation sites is 1. The van der Waals surface area contributed by atoms with Crippen LogP contribution >= 0.6 is 0 Å². The molecule has 3 nitrogen and oxygen atoms in total. The fraction of sp³-hybridized carbons (Fsp3) is 0.381. The molecule has 2 N–H and O–H groups in total. The number of nitrogens with one attached hydrogen (secondary N) is 1. The molecule has 0 fully saturated rings. The lowest BCUT2D eigenvalue weighted by Gasteiger charge is -2.26. The Morgan fingerprint density at radius 2 is 1.42 bits per heavy atom. The van der Waals surface area contributed by atoms with E-state index >= 15 is 0 Å². The van der Waals surface area contributed by atoms with E-state index in [1.165, 1.54) is 6.92 Å². The van der Waals surface area contributed by atoms with Gasteiger partial charge in [-0.25, -0.2) is 0 Å². The van der Waals surface area contributed by atoms with Crippen LogP contribution in [0.15, 0.2) is 48.5 Å². The number of rotatable bonds is 5. The van der Waals surface area contributed by atoms with Gasteiger partial charge in [-0.1, -0.05) is 76.2 Å². The molecule has 0 saturated carbocycles. The van der Waals surface area contributed by atoms with Gasteiger partial charge in [0.15, 0.2) is 5.60 Å². The van der Waals surface area contributed by atoms with Crippen LogP contribution in [-0.2, 0) is 10.4 Å². The van der Waals surface area contributed by atoms with Crippen LogP contribution in [0, 0.1) is 0 Å². The highest BCUT2D eigenvalue weighted by atomic mass is 16.3. The fourth-order valence-electron chi connectivity index (χ4n) is 2.82. The molecule has 2 aromatic carbocycles. The van der Waals surface area contributed by atoms with Gasteiger partial charge in [-0.15, -0.1) is 0 Å². The molecule has 0 spiro atoms. The summed E-state index contributed by atoms with van der Waals surface area (Å²) in [5.74, 6) is 0.144. The van der Waals surface area contributed by atoms with Crippen molar-refractivity contribution in [2.24, 2.45) is 0 Å². The lowest BCUT2D eigenvalue weighted by Crippen LogP contribution is -2.38. The van der Waals surface area contributed by atoms with E-state index in [0.717, 1.165) is 16.8 Å². The Morgan fingerprint density at radius 1 is 0.917 bits per heavy atom. The largest absolute Gasteiger partial charge is 0.376 e. The number of amides is 1. The lowest BCUT2D eigenvalue weighted by molar-refractivity contribution is -0.133. The highest BCUT2D eigenvalue weighted by Gasteiger charge is 2.33. The zero-order valence-corrected chi connectivity index (χ0v) is 15.1. The van der Waals surface area contributed by atoms with Crippen LogP contribution in [-0.4, -0.2) is 11.0 Å². The van der Waals surface area contributed by atoms with Crippen LogP contribution in [0.5, 0.6) is 0 Å². The summed E-state index contributed by atoms with van der Waals surface area (Å²) in [6, 6.07) is 15.1. The summed E-state index contributed by atoms with van der Waals surface area (Å²) >= 11 is 0. The Kier molecular flexibility index (Phi) is 5.45. The molecule has 0 bridgehead atoms. The second-order valence-electron chi connectivity index (χ2n) is 7.01. The normalized spacial score (nSPS) is 13.8. The van der Waals surface area contributed by atoms with Gasteiger partial charge in [0, 0.05) is 5.69 Å². The molecular formula is C21H27NO2. The summed E-state index contributed by atoms with van der Waals surface area (Å²) in [7, 11) is 0. The predicted molar refractivity (Wildman–Crippen MR) is 99.3 cm³/mol. The standard InChI is InChI=1S/C21H27NO2/c1-14(2)17-12-9-13-18(15(3)4)19(17)22-20(23)21(5,24)16-10-7-6-8-11-16/h6-15,24H,1-5H3,(H,22,23)/t21-/m0/s1. The van der Waals surface area contributed by atoms with Crippen molar-refractivity contribution in [1.29, 1.82) is 0 Å². The molecule has 0 aliphatic heterocycles. The van der Waals surface area contributed by atoms with Crippen LogP contribution in [0.1, 0.15) is 63.1 Å². The number of anilines is 1. The zero-order chi connectivity index (χ0) is 17.9. The Labute approximate surface area is 144 Å². The van der Waals surface area contributed by atoms with Gasteiger partial charge in [0.05, 0.1) is 0 Å². The molecule has 0 radical (unpaired) electrons. The van der Waals surface area contributed by atoms with Crippen molar-refractivity contribution < 1.29 is 9.90 Å². The van der Waals surface area contributed by atoms with Crippen molar-refractivity contribution in [3.63, 3.8) is 0 Å². The highest BCUT2D eigenvalue weighted by Crippen LogP contribution is 2.33. The van der Waals surface area contributed by atoms with Crippen molar-refractivity contribution in [2.45, 2.75) is 52.1 Å². The maximum absolute atomic E-state index is 12.8. The average Bonchev–Trinajstić information content (AvgIpc) is 2.55. The fourth-order valence-corrected chi connectivity index (χ4v) is 2.82. The maximum atomic E-state index is 12.8. The quantitative estimate of drug-likeness (QED) is 0.831. The molecule has 0 aromatic heterocycles. The first-order valence-corrected chi connectivity index (χ1v) is 8.47. The number of carbonyl (C=O) groups is 1. The van der Waals surface area contributed by atoms with Gasteiger partial charge in [0.25, 0.3) is 5.91 Å².